The Hall–Kier alpha value is -1.18. The fourth-order valence-corrected chi connectivity index (χ4v) is 2.48. The van der Waals surface area contributed by atoms with E-state index in [1.165, 1.54) is 0 Å². The number of hydrogen-bond acceptors (Lipinski definition) is 3. The fraction of sp³-hybridized carbons (Fsp3) is 0.571. The molecular formula is C14H22N2OSi. The first-order valence-corrected chi connectivity index (χ1v) is 9.08. The molecule has 0 bridgehead atoms. The van der Waals surface area contributed by atoms with E-state index in [4.69, 9.17) is 4.43 Å². The summed E-state index contributed by atoms with van der Waals surface area (Å²) in [5.41, 5.74) is 0.684. The molecule has 0 spiro atoms. The van der Waals surface area contributed by atoms with Crippen molar-refractivity contribution in [3.8, 4) is 11.8 Å². The largest absolute Gasteiger partial charge is 0.404 e. The van der Waals surface area contributed by atoms with Gasteiger partial charge in [0, 0.05) is 12.4 Å². The van der Waals surface area contributed by atoms with Crippen LogP contribution in [0.4, 0.5) is 0 Å². The molecule has 0 aliphatic carbocycles. The summed E-state index contributed by atoms with van der Waals surface area (Å²) in [6.07, 6.45) is 4.86. The Morgan fingerprint density at radius 3 is 2.44 bits per heavy atom. The van der Waals surface area contributed by atoms with Crippen LogP contribution in [0, 0.1) is 11.8 Å². The van der Waals surface area contributed by atoms with Crippen molar-refractivity contribution >= 4 is 8.32 Å². The van der Waals surface area contributed by atoms with Crippen molar-refractivity contribution in [3.63, 3.8) is 0 Å². The topological polar surface area (TPSA) is 35.0 Å². The van der Waals surface area contributed by atoms with Crippen LogP contribution in [0.2, 0.25) is 18.1 Å². The van der Waals surface area contributed by atoms with Crippen LogP contribution in [-0.4, -0.2) is 24.4 Å². The van der Waals surface area contributed by atoms with Gasteiger partial charge in [-0.25, -0.2) is 4.98 Å². The van der Waals surface area contributed by atoms with Crippen molar-refractivity contribution in [1.82, 2.24) is 9.97 Å². The number of aromatic nitrogens is 2. The second kappa shape index (κ2) is 5.64. The number of nitrogens with zero attached hydrogens (tertiary/aromatic N) is 2. The van der Waals surface area contributed by atoms with Crippen LogP contribution in [0.1, 0.15) is 33.4 Å². The van der Waals surface area contributed by atoms with Crippen molar-refractivity contribution in [1.29, 1.82) is 0 Å². The summed E-state index contributed by atoms with van der Waals surface area (Å²) in [5, 5.41) is 0.204. The Balaban J connectivity index is 2.69. The van der Waals surface area contributed by atoms with E-state index in [1.807, 2.05) is 6.92 Å². The first-order valence-electron chi connectivity index (χ1n) is 6.18. The standard InChI is InChI=1S/C14H22N2OSi/c1-12(17-18(5,6)14(2,3)4)7-8-13-11-15-9-10-16-13/h9-12H,1-6H3. The van der Waals surface area contributed by atoms with Crippen LogP contribution in [-0.2, 0) is 4.43 Å². The average Bonchev–Trinajstić information content (AvgIpc) is 2.26. The highest BCUT2D eigenvalue weighted by Crippen LogP contribution is 2.37. The Labute approximate surface area is 111 Å². The van der Waals surface area contributed by atoms with Gasteiger partial charge in [0.2, 0.25) is 0 Å². The third kappa shape index (κ3) is 4.24. The summed E-state index contributed by atoms with van der Waals surface area (Å²) >= 11 is 0. The maximum atomic E-state index is 6.14. The highest BCUT2D eigenvalue weighted by atomic mass is 28.4. The lowest BCUT2D eigenvalue weighted by Crippen LogP contribution is -2.43. The lowest BCUT2D eigenvalue weighted by molar-refractivity contribution is 0.251. The van der Waals surface area contributed by atoms with Crippen molar-refractivity contribution in [3.05, 3.63) is 24.3 Å². The summed E-state index contributed by atoms with van der Waals surface area (Å²) in [7, 11) is -1.74. The van der Waals surface area contributed by atoms with E-state index in [-0.39, 0.29) is 11.1 Å². The van der Waals surface area contributed by atoms with Crippen LogP contribution >= 0.6 is 0 Å². The van der Waals surface area contributed by atoms with Crippen molar-refractivity contribution in [2.45, 2.75) is 51.9 Å². The second-order valence-corrected chi connectivity index (χ2v) is 10.6. The minimum Gasteiger partial charge on any atom is -0.404 e. The van der Waals surface area contributed by atoms with Crippen LogP contribution < -0.4 is 0 Å². The summed E-state index contributed by atoms with van der Waals surface area (Å²) in [5.74, 6) is 6.08. The molecule has 1 aromatic rings. The first kappa shape index (κ1) is 14.9. The van der Waals surface area contributed by atoms with E-state index in [9.17, 15) is 0 Å². The van der Waals surface area contributed by atoms with Gasteiger partial charge in [0.15, 0.2) is 8.32 Å². The lowest BCUT2D eigenvalue weighted by Gasteiger charge is -2.37. The van der Waals surface area contributed by atoms with Crippen molar-refractivity contribution in [2.24, 2.45) is 0 Å². The predicted molar refractivity (Wildman–Crippen MR) is 76.7 cm³/mol. The number of rotatable bonds is 2. The monoisotopic (exact) mass is 262 g/mol. The summed E-state index contributed by atoms with van der Waals surface area (Å²) in [6.45, 7) is 13.1. The highest BCUT2D eigenvalue weighted by molar-refractivity contribution is 6.74. The van der Waals surface area contributed by atoms with E-state index in [0.29, 0.717) is 5.69 Å². The molecule has 0 aliphatic heterocycles. The van der Waals surface area contributed by atoms with E-state index < -0.39 is 8.32 Å². The van der Waals surface area contributed by atoms with Gasteiger partial charge in [-0.15, -0.1) is 0 Å². The SMILES string of the molecule is CC(C#Cc1cnccn1)O[Si](C)(C)C(C)(C)C. The van der Waals surface area contributed by atoms with Crippen molar-refractivity contribution < 1.29 is 4.43 Å². The molecular weight excluding hydrogens is 240 g/mol. The Kier molecular flexibility index (Phi) is 4.66. The molecule has 0 fully saturated rings. The van der Waals surface area contributed by atoms with Gasteiger partial charge in [-0.05, 0) is 31.0 Å². The summed E-state index contributed by atoms with van der Waals surface area (Å²) < 4.78 is 6.14. The van der Waals surface area contributed by atoms with Gasteiger partial charge in [-0.2, -0.15) is 0 Å². The van der Waals surface area contributed by atoms with Gasteiger partial charge in [-0.1, -0.05) is 26.7 Å². The average molecular weight is 262 g/mol. The predicted octanol–water partition coefficient (Wildman–Crippen LogP) is 3.24. The van der Waals surface area contributed by atoms with Gasteiger partial charge < -0.3 is 4.43 Å². The van der Waals surface area contributed by atoms with Gasteiger partial charge >= 0.3 is 0 Å². The molecule has 0 saturated carbocycles. The molecule has 18 heavy (non-hydrogen) atoms. The van der Waals surface area contributed by atoms with Crippen LogP contribution in [0.5, 0.6) is 0 Å². The van der Waals surface area contributed by atoms with Gasteiger partial charge in [0.1, 0.15) is 11.8 Å². The van der Waals surface area contributed by atoms with E-state index in [1.54, 1.807) is 18.6 Å². The normalized spacial score (nSPS) is 13.7. The zero-order valence-corrected chi connectivity index (χ0v) is 13.1. The summed E-state index contributed by atoms with van der Waals surface area (Å²) in [4.78, 5) is 8.09. The third-order valence-corrected chi connectivity index (χ3v) is 7.80. The molecule has 0 aliphatic rings. The molecule has 1 aromatic heterocycles. The molecule has 0 saturated heterocycles. The zero-order valence-electron chi connectivity index (χ0n) is 12.1. The molecule has 4 heteroatoms. The molecule has 0 aromatic carbocycles. The van der Waals surface area contributed by atoms with Gasteiger partial charge in [-0.3, -0.25) is 4.98 Å². The fourth-order valence-electron chi connectivity index (χ4n) is 1.19. The molecule has 1 heterocycles. The quantitative estimate of drug-likeness (QED) is 0.606. The molecule has 98 valence electrons. The first-order chi connectivity index (χ1) is 8.22. The van der Waals surface area contributed by atoms with E-state index >= 15 is 0 Å². The Bertz CT molecular complexity index is 440. The smallest absolute Gasteiger partial charge is 0.193 e. The summed E-state index contributed by atoms with van der Waals surface area (Å²) in [6, 6.07) is 0. The molecule has 0 N–H and O–H groups in total. The molecule has 1 unspecified atom stereocenters. The second-order valence-electron chi connectivity index (χ2n) is 5.88. The zero-order chi connectivity index (χ0) is 13.8. The molecule has 0 amide bonds. The molecule has 1 rings (SSSR count). The van der Waals surface area contributed by atoms with Gasteiger partial charge in [0.05, 0.1) is 6.20 Å². The number of hydrogen-bond donors (Lipinski definition) is 0. The van der Waals surface area contributed by atoms with Crippen LogP contribution in [0.25, 0.3) is 0 Å². The van der Waals surface area contributed by atoms with E-state index in [0.717, 1.165) is 0 Å². The van der Waals surface area contributed by atoms with Crippen LogP contribution in [0.3, 0.4) is 0 Å². The highest BCUT2D eigenvalue weighted by Gasteiger charge is 2.38. The van der Waals surface area contributed by atoms with Crippen molar-refractivity contribution in [2.75, 3.05) is 0 Å². The molecule has 1 atom stereocenters. The molecule has 0 radical (unpaired) electrons. The molecule has 3 nitrogen and oxygen atoms in total. The minimum atomic E-state index is -1.74. The lowest BCUT2D eigenvalue weighted by atomic mass is 10.2. The maximum absolute atomic E-state index is 6.14. The maximum Gasteiger partial charge on any atom is 0.193 e. The van der Waals surface area contributed by atoms with Crippen LogP contribution in [0.15, 0.2) is 18.6 Å². The van der Waals surface area contributed by atoms with E-state index in [2.05, 4.69) is 55.7 Å². The minimum absolute atomic E-state index is 0.0760. The van der Waals surface area contributed by atoms with Gasteiger partial charge in [0.25, 0.3) is 0 Å². The Morgan fingerprint density at radius 1 is 1.28 bits per heavy atom. The third-order valence-electron chi connectivity index (χ3n) is 3.24. The Morgan fingerprint density at radius 2 is 1.94 bits per heavy atom.